The molecule has 0 spiro atoms. The van der Waals surface area contributed by atoms with E-state index in [0.29, 0.717) is 12.6 Å². The molecule has 94 valence electrons. The van der Waals surface area contributed by atoms with Crippen molar-refractivity contribution in [3.63, 3.8) is 0 Å². The first-order valence-corrected chi connectivity index (χ1v) is 6.43. The average Bonchev–Trinajstić information content (AvgIpc) is 2.74. The fraction of sp³-hybridized carbons (Fsp3) is 0.643. The Kier molecular flexibility index (Phi) is 3.67. The molecule has 1 heterocycles. The van der Waals surface area contributed by atoms with E-state index in [4.69, 9.17) is 4.74 Å². The maximum atomic E-state index is 5.53. The Hall–Kier alpha value is -1.09. The quantitative estimate of drug-likeness (QED) is 0.869. The van der Waals surface area contributed by atoms with Crippen LogP contribution < -0.4 is 10.1 Å². The largest absolute Gasteiger partial charge is 0.492 e. The number of hydrogen-bond acceptors (Lipinski definition) is 3. The lowest BCUT2D eigenvalue weighted by Gasteiger charge is -2.24. The van der Waals surface area contributed by atoms with Crippen LogP contribution in [0.15, 0.2) is 18.5 Å². The van der Waals surface area contributed by atoms with E-state index in [-0.39, 0.29) is 5.41 Å². The second kappa shape index (κ2) is 5.05. The Balaban J connectivity index is 2.18. The molecule has 0 amide bonds. The van der Waals surface area contributed by atoms with Gasteiger partial charge in [0.2, 0.25) is 0 Å². The highest BCUT2D eigenvalue weighted by Crippen LogP contribution is 2.41. The molecule has 0 aromatic carbocycles. The van der Waals surface area contributed by atoms with E-state index in [1.54, 1.807) is 6.20 Å². The molecule has 0 saturated heterocycles. The molecule has 17 heavy (non-hydrogen) atoms. The van der Waals surface area contributed by atoms with Gasteiger partial charge in [0.15, 0.2) is 0 Å². The Morgan fingerprint density at radius 1 is 1.53 bits per heavy atom. The zero-order chi connectivity index (χ0) is 12.3. The number of rotatable bonds is 4. The van der Waals surface area contributed by atoms with Crippen molar-refractivity contribution in [2.24, 2.45) is 0 Å². The van der Waals surface area contributed by atoms with Crippen LogP contribution in [0, 0.1) is 0 Å². The van der Waals surface area contributed by atoms with Gasteiger partial charge in [0.05, 0.1) is 12.8 Å². The summed E-state index contributed by atoms with van der Waals surface area (Å²) in [7, 11) is 2.05. The number of aromatic nitrogens is 1. The third-order valence-electron chi connectivity index (χ3n) is 3.87. The number of nitrogens with zero attached hydrogens (tertiary/aromatic N) is 1. The maximum Gasteiger partial charge on any atom is 0.137 e. The summed E-state index contributed by atoms with van der Waals surface area (Å²) in [5.41, 5.74) is 1.55. The number of nitrogens with one attached hydrogen (secondary N) is 1. The predicted molar refractivity (Wildman–Crippen MR) is 69.5 cm³/mol. The molecule has 1 saturated carbocycles. The summed E-state index contributed by atoms with van der Waals surface area (Å²) in [6, 6.07) is 2.78. The molecule has 0 bridgehead atoms. The highest BCUT2D eigenvalue weighted by atomic mass is 16.5. The van der Waals surface area contributed by atoms with Crippen molar-refractivity contribution < 1.29 is 4.74 Å². The summed E-state index contributed by atoms with van der Waals surface area (Å²) in [4.78, 5) is 4.30. The fourth-order valence-electron chi connectivity index (χ4n) is 2.74. The molecule has 1 aromatic heterocycles. The Labute approximate surface area is 104 Å². The minimum Gasteiger partial charge on any atom is -0.492 e. The van der Waals surface area contributed by atoms with Gasteiger partial charge in [-0.2, -0.15) is 0 Å². The van der Waals surface area contributed by atoms with Crippen molar-refractivity contribution in [1.29, 1.82) is 0 Å². The van der Waals surface area contributed by atoms with Crippen LogP contribution in [0.25, 0.3) is 0 Å². The van der Waals surface area contributed by atoms with Crippen molar-refractivity contribution in [2.75, 3.05) is 13.7 Å². The van der Waals surface area contributed by atoms with Gasteiger partial charge in [-0.1, -0.05) is 6.92 Å². The van der Waals surface area contributed by atoms with Gasteiger partial charge in [-0.15, -0.1) is 0 Å². The molecular weight excluding hydrogens is 212 g/mol. The van der Waals surface area contributed by atoms with Gasteiger partial charge in [-0.3, -0.25) is 4.98 Å². The van der Waals surface area contributed by atoms with Gasteiger partial charge in [-0.05, 0) is 50.3 Å². The van der Waals surface area contributed by atoms with Gasteiger partial charge in [0, 0.05) is 12.2 Å². The maximum absolute atomic E-state index is 5.53. The highest BCUT2D eigenvalue weighted by molar-refractivity contribution is 5.30. The summed E-state index contributed by atoms with van der Waals surface area (Å²) >= 11 is 0. The Bertz CT molecular complexity index is 380. The standard InChI is InChI=1S/C14H22N2O/c1-4-17-13-7-11(9-16-10-13)14(2)6-5-12(8-14)15-3/h7,9-10,12,15H,4-6,8H2,1-3H3. The molecule has 0 radical (unpaired) electrons. The first-order valence-electron chi connectivity index (χ1n) is 6.43. The van der Waals surface area contributed by atoms with Crippen LogP contribution >= 0.6 is 0 Å². The van der Waals surface area contributed by atoms with E-state index in [1.807, 2.05) is 20.2 Å². The number of pyridine rings is 1. The summed E-state index contributed by atoms with van der Waals surface area (Å²) in [6.45, 7) is 5.03. The van der Waals surface area contributed by atoms with E-state index in [1.165, 1.54) is 24.8 Å². The smallest absolute Gasteiger partial charge is 0.137 e. The monoisotopic (exact) mass is 234 g/mol. The molecule has 3 nitrogen and oxygen atoms in total. The molecule has 0 aliphatic heterocycles. The van der Waals surface area contributed by atoms with Crippen LogP contribution in [-0.2, 0) is 5.41 Å². The van der Waals surface area contributed by atoms with Crippen LogP contribution in [0.3, 0.4) is 0 Å². The zero-order valence-corrected chi connectivity index (χ0v) is 11.0. The zero-order valence-electron chi connectivity index (χ0n) is 11.0. The molecule has 2 unspecified atom stereocenters. The fourth-order valence-corrected chi connectivity index (χ4v) is 2.74. The SMILES string of the molecule is CCOc1cncc(C2(C)CCC(NC)C2)c1. The van der Waals surface area contributed by atoms with Gasteiger partial charge >= 0.3 is 0 Å². The molecular formula is C14H22N2O. The molecule has 2 atom stereocenters. The van der Waals surface area contributed by atoms with Crippen molar-refractivity contribution in [2.45, 2.75) is 44.6 Å². The van der Waals surface area contributed by atoms with Gasteiger partial charge < -0.3 is 10.1 Å². The van der Waals surface area contributed by atoms with Crippen LogP contribution in [-0.4, -0.2) is 24.7 Å². The van der Waals surface area contributed by atoms with Gasteiger partial charge in [0.1, 0.15) is 5.75 Å². The van der Waals surface area contributed by atoms with Crippen LogP contribution in [0.1, 0.15) is 38.7 Å². The van der Waals surface area contributed by atoms with Crippen LogP contribution in [0.5, 0.6) is 5.75 Å². The highest BCUT2D eigenvalue weighted by Gasteiger charge is 2.36. The van der Waals surface area contributed by atoms with E-state index < -0.39 is 0 Å². The predicted octanol–water partition coefficient (Wildman–Crippen LogP) is 2.51. The lowest BCUT2D eigenvalue weighted by molar-refractivity contribution is 0.336. The Morgan fingerprint density at radius 3 is 3.00 bits per heavy atom. The molecule has 2 rings (SSSR count). The van der Waals surface area contributed by atoms with E-state index in [9.17, 15) is 0 Å². The lowest BCUT2D eigenvalue weighted by atomic mass is 9.81. The third-order valence-corrected chi connectivity index (χ3v) is 3.87. The first kappa shape index (κ1) is 12.4. The van der Waals surface area contributed by atoms with Crippen molar-refractivity contribution >= 4 is 0 Å². The van der Waals surface area contributed by atoms with E-state index in [2.05, 4.69) is 23.3 Å². The lowest BCUT2D eigenvalue weighted by Crippen LogP contribution is -2.25. The Morgan fingerprint density at radius 2 is 2.35 bits per heavy atom. The summed E-state index contributed by atoms with van der Waals surface area (Å²) in [6.07, 6.45) is 7.42. The summed E-state index contributed by atoms with van der Waals surface area (Å²) in [5.74, 6) is 0.888. The van der Waals surface area contributed by atoms with Crippen LogP contribution in [0.4, 0.5) is 0 Å². The number of hydrogen-bond donors (Lipinski definition) is 1. The average molecular weight is 234 g/mol. The molecule has 1 fully saturated rings. The molecule has 1 aliphatic rings. The third kappa shape index (κ3) is 2.60. The van der Waals surface area contributed by atoms with Crippen LogP contribution in [0.2, 0.25) is 0 Å². The molecule has 1 N–H and O–H groups in total. The molecule has 1 aliphatic carbocycles. The molecule has 3 heteroatoms. The summed E-state index contributed by atoms with van der Waals surface area (Å²) in [5, 5.41) is 3.38. The van der Waals surface area contributed by atoms with E-state index >= 15 is 0 Å². The number of ether oxygens (including phenoxy) is 1. The van der Waals surface area contributed by atoms with Gasteiger partial charge in [0.25, 0.3) is 0 Å². The van der Waals surface area contributed by atoms with Crippen molar-refractivity contribution in [3.8, 4) is 5.75 Å². The normalized spacial score (nSPS) is 28.3. The summed E-state index contributed by atoms with van der Waals surface area (Å²) < 4.78 is 5.53. The second-order valence-corrected chi connectivity index (χ2v) is 5.13. The minimum absolute atomic E-state index is 0.244. The second-order valence-electron chi connectivity index (χ2n) is 5.13. The first-order chi connectivity index (χ1) is 8.18. The van der Waals surface area contributed by atoms with Crippen molar-refractivity contribution in [1.82, 2.24) is 10.3 Å². The molecule has 1 aromatic rings. The minimum atomic E-state index is 0.244. The topological polar surface area (TPSA) is 34.1 Å². The van der Waals surface area contributed by atoms with Gasteiger partial charge in [-0.25, -0.2) is 0 Å². The van der Waals surface area contributed by atoms with Crippen molar-refractivity contribution in [3.05, 3.63) is 24.0 Å². The van der Waals surface area contributed by atoms with E-state index in [0.717, 1.165) is 5.75 Å².